The fourth-order valence-corrected chi connectivity index (χ4v) is 4.42. The molecule has 1 unspecified atom stereocenters. The molecular weight excluding hydrogens is 420 g/mol. The van der Waals surface area contributed by atoms with Gasteiger partial charge in [-0.15, -0.1) is 0 Å². The molecule has 0 spiro atoms. The van der Waals surface area contributed by atoms with E-state index in [1.807, 2.05) is 53.6 Å². The minimum absolute atomic E-state index is 0.0451. The number of carboxylic acids is 1. The number of hydrogen-bond acceptors (Lipinski definition) is 4. The van der Waals surface area contributed by atoms with Crippen LogP contribution >= 0.6 is 0 Å². The Kier molecular flexibility index (Phi) is 7.59. The number of benzene rings is 2. The quantitative estimate of drug-likeness (QED) is 0.647. The molecule has 1 atom stereocenters. The first-order chi connectivity index (χ1) is 15.9. The Balaban J connectivity index is 0.000000968. The predicted octanol–water partition coefficient (Wildman–Crippen LogP) is 4.23. The van der Waals surface area contributed by atoms with Gasteiger partial charge in [-0.25, -0.2) is 4.79 Å². The Morgan fingerprint density at radius 3 is 2.21 bits per heavy atom. The Bertz CT molecular complexity index is 1160. The fourth-order valence-electron chi connectivity index (χ4n) is 4.42. The first kappa shape index (κ1) is 23.7. The molecule has 2 heterocycles. The molecule has 0 aliphatic carbocycles. The molecule has 0 bridgehead atoms. The molecule has 3 aromatic rings. The van der Waals surface area contributed by atoms with Crippen molar-refractivity contribution in [3.8, 4) is 5.69 Å². The smallest absolute Gasteiger partial charge is 0.373 e. The van der Waals surface area contributed by atoms with Crippen LogP contribution in [0.1, 0.15) is 56.4 Å². The third kappa shape index (κ3) is 5.27. The number of amides is 1. The van der Waals surface area contributed by atoms with Crippen LogP contribution < -0.4 is 0 Å². The maximum atomic E-state index is 13.3. The molecule has 1 aliphatic rings. The van der Waals surface area contributed by atoms with Crippen molar-refractivity contribution in [2.24, 2.45) is 0 Å². The number of carboxylic acid groups (broad SMARTS) is 1. The Labute approximate surface area is 192 Å². The van der Waals surface area contributed by atoms with Crippen LogP contribution in [0.5, 0.6) is 0 Å². The normalized spacial score (nSPS) is 15.2. The highest BCUT2D eigenvalue weighted by molar-refractivity contribution is 5.98. The summed E-state index contributed by atoms with van der Waals surface area (Å²) in [4.78, 5) is 43.3. The van der Waals surface area contributed by atoms with Crippen LogP contribution in [0, 0.1) is 13.8 Å². The van der Waals surface area contributed by atoms with Crippen molar-refractivity contribution in [1.29, 1.82) is 0 Å². The SMILES string of the molecule is Cc1ccc(C)n1-c1cc(C(=O)N2CCCC(c3ccccc3)C2)ccc1C(=O)O.O=C=O. The molecule has 1 N–H and O–H groups in total. The largest absolute Gasteiger partial charge is 0.478 e. The lowest BCUT2D eigenvalue weighted by molar-refractivity contribution is -0.191. The number of aryl methyl sites for hydroxylation is 2. The minimum Gasteiger partial charge on any atom is -0.478 e. The number of aromatic nitrogens is 1. The second-order valence-electron chi connectivity index (χ2n) is 8.07. The number of carbonyl (C=O) groups is 2. The first-order valence-electron chi connectivity index (χ1n) is 10.7. The van der Waals surface area contributed by atoms with E-state index in [4.69, 9.17) is 9.59 Å². The number of hydrogen-bond donors (Lipinski definition) is 1. The topological polar surface area (TPSA) is 96.7 Å². The summed E-state index contributed by atoms with van der Waals surface area (Å²) in [5.41, 5.74) is 4.37. The van der Waals surface area contributed by atoms with Gasteiger partial charge in [-0.1, -0.05) is 30.3 Å². The van der Waals surface area contributed by atoms with E-state index in [1.165, 1.54) is 5.56 Å². The van der Waals surface area contributed by atoms with Crippen molar-refractivity contribution in [3.63, 3.8) is 0 Å². The van der Waals surface area contributed by atoms with E-state index < -0.39 is 5.97 Å². The van der Waals surface area contributed by atoms with Gasteiger partial charge in [0.15, 0.2) is 0 Å². The molecule has 1 aliphatic heterocycles. The highest BCUT2D eigenvalue weighted by Crippen LogP contribution is 2.29. The summed E-state index contributed by atoms with van der Waals surface area (Å²) in [6, 6.07) is 19.1. The van der Waals surface area contributed by atoms with E-state index >= 15 is 0 Å². The van der Waals surface area contributed by atoms with Crippen molar-refractivity contribution in [3.05, 3.63) is 88.7 Å². The van der Waals surface area contributed by atoms with Crippen molar-refractivity contribution >= 4 is 18.0 Å². The number of rotatable bonds is 4. The van der Waals surface area contributed by atoms with Crippen LogP contribution in [0.15, 0.2) is 60.7 Å². The second kappa shape index (κ2) is 10.6. The fraction of sp³-hybridized carbons (Fsp3) is 0.269. The Morgan fingerprint density at radius 1 is 0.970 bits per heavy atom. The van der Waals surface area contributed by atoms with Crippen molar-refractivity contribution in [2.75, 3.05) is 13.1 Å². The van der Waals surface area contributed by atoms with Crippen molar-refractivity contribution in [2.45, 2.75) is 32.6 Å². The maximum absolute atomic E-state index is 13.3. The number of nitrogens with zero attached hydrogens (tertiary/aromatic N) is 2. The number of piperidine rings is 1. The third-order valence-corrected chi connectivity index (χ3v) is 5.97. The van der Waals surface area contributed by atoms with Gasteiger partial charge in [0, 0.05) is 36.0 Å². The summed E-state index contributed by atoms with van der Waals surface area (Å²) in [5, 5.41) is 9.68. The molecule has 1 amide bonds. The van der Waals surface area contributed by atoms with Gasteiger partial charge in [0.1, 0.15) is 0 Å². The summed E-state index contributed by atoms with van der Waals surface area (Å²) in [6.45, 7) is 5.27. The Hall–Kier alpha value is -3.96. The van der Waals surface area contributed by atoms with Crippen LogP contribution in [0.2, 0.25) is 0 Å². The van der Waals surface area contributed by atoms with Crippen molar-refractivity contribution < 1.29 is 24.3 Å². The monoisotopic (exact) mass is 446 g/mol. The third-order valence-electron chi connectivity index (χ3n) is 5.97. The van der Waals surface area contributed by atoms with Gasteiger partial charge in [0.25, 0.3) is 5.91 Å². The standard InChI is InChI=1S/C25H26N2O3.CO2/c1-17-10-11-18(2)27(17)23-15-20(12-13-22(23)25(29)30)24(28)26-14-6-9-21(16-26)19-7-4-3-5-8-19;2-1-3/h3-5,7-8,10-13,15,21H,6,9,14,16H2,1-2H3,(H,29,30);. The number of carbonyl (C=O) groups excluding carboxylic acids is 3. The molecule has 1 fully saturated rings. The van der Waals surface area contributed by atoms with E-state index in [0.29, 0.717) is 23.7 Å². The molecular formula is C26H26N2O5. The zero-order valence-corrected chi connectivity index (χ0v) is 18.7. The van der Waals surface area contributed by atoms with Gasteiger partial charge in [-0.05, 0) is 62.6 Å². The molecule has 7 nitrogen and oxygen atoms in total. The van der Waals surface area contributed by atoms with Crippen LogP contribution in [0.25, 0.3) is 5.69 Å². The average Bonchev–Trinajstić information content (AvgIpc) is 3.17. The molecule has 33 heavy (non-hydrogen) atoms. The average molecular weight is 447 g/mol. The molecule has 4 rings (SSSR count). The molecule has 0 radical (unpaired) electrons. The van der Waals surface area contributed by atoms with E-state index in [9.17, 15) is 14.7 Å². The van der Waals surface area contributed by atoms with Gasteiger partial charge >= 0.3 is 12.1 Å². The molecule has 7 heteroatoms. The highest BCUT2D eigenvalue weighted by Gasteiger charge is 2.26. The van der Waals surface area contributed by atoms with E-state index in [-0.39, 0.29) is 17.6 Å². The molecule has 2 aromatic carbocycles. The minimum atomic E-state index is -1.00. The first-order valence-corrected chi connectivity index (χ1v) is 10.7. The summed E-state index contributed by atoms with van der Waals surface area (Å²) in [6.07, 6.45) is 2.28. The molecule has 1 aromatic heterocycles. The Morgan fingerprint density at radius 2 is 1.61 bits per heavy atom. The maximum Gasteiger partial charge on any atom is 0.373 e. The lowest BCUT2D eigenvalue weighted by Crippen LogP contribution is -2.39. The lowest BCUT2D eigenvalue weighted by atomic mass is 9.90. The van der Waals surface area contributed by atoms with Crippen LogP contribution in [-0.4, -0.2) is 45.7 Å². The molecule has 0 saturated carbocycles. The number of aromatic carboxylic acids is 1. The lowest BCUT2D eigenvalue weighted by Gasteiger charge is -2.33. The summed E-state index contributed by atoms with van der Waals surface area (Å²) in [5.74, 6) is -0.717. The zero-order chi connectivity index (χ0) is 24.0. The van der Waals surface area contributed by atoms with Crippen molar-refractivity contribution in [1.82, 2.24) is 9.47 Å². The highest BCUT2D eigenvalue weighted by atomic mass is 16.4. The van der Waals surface area contributed by atoms with Gasteiger partial charge in [0.05, 0.1) is 11.3 Å². The van der Waals surface area contributed by atoms with E-state index in [0.717, 1.165) is 30.8 Å². The van der Waals surface area contributed by atoms with Gasteiger partial charge < -0.3 is 14.6 Å². The van der Waals surface area contributed by atoms with Gasteiger partial charge in [-0.2, -0.15) is 9.59 Å². The van der Waals surface area contributed by atoms with Gasteiger partial charge in [-0.3, -0.25) is 4.79 Å². The molecule has 1 saturated heterocycles. The van der Waals surface area contributed by atoms with Gasteiger partial charge in [0.2, 0.25) is 0 Å². The number of likely N-dealkylation sites (tertiary alicyclic amines) is 1. The van der Waals surface area contributed by atoms with E-state index in [1.54, 1.807) is 18.2 Å². The zero-order valence-electron chi connectivity index (χ0n) is 18.7. The predicted molar refractivity (Wildman–Crippen MR) is 122 cm³/mol. The van der Waals surface area contributed by atoms with Crippen LogP contribution in [-0.2, 0) is 9.59 Å². The summed E-state index contributed by atoms with van der Waals surface area (Å²) >= 11 is 0. The van der Waals surface area contributed by atoms with E-state index in [2.05, 4.69) is 12.1 Å². The second-order valence-corrected chi connectivity index (χ2v) is 8.07. The molecule has 170 valence electrons. The summed E-state index contributed by atoms with van der Waals surface area (Å²) in [7, 11) is 0. The van der Waals surface area contributed by atoms with Crippen LogP contribution in [0.4, 0.5) is 0 Å². The summed E-state index contributed by atoms with van der Waals surface area (Å²) < 4.78 is 1.89. The van der Waals surface area contributed by atoms with Crippen LogP contribution in [0.3, 0.4) is 0 Å².